The van der Waals surface area contributed by atoms with Crippen molar-refractivity contribution in [1.82, 2.24) is 5.32 Å². The summed E-state index contributed by atoms with van der Waals surface area (Å²) in [5, 5.41) is 3.42. The van der Waals surface area contributed by atoms with Crippen LogP contribution in [-0.4, -0.2) is 26.1 Å². The van der Waals surface area contributed by atoms with Crippen LogP contribution in [0, 0.1) is 0 Å². The first-order valence-electron chi connectivity index (χ1n) is 8.98. The van der Waals surface area contributed by atoms with E-state index in [-0.39, 0.29) is 5.68 Å². The van der Waals surface area contributed by atoms with E-state index in [1.807, 2.05) is 24.3 Å². The molecule has 1 N–H and O–H groups in total. The quantitative estimate of drug-likeness (QED) is 0.607. The number of carbonyl (C=O) groups is 1. The van der Waals surface area contributed by atoms with Crippen LogP contribution in [0.15, 0.2) is 53.3 Å². The second-order valence-electron chi connectivity index (χ2n) is 6.31. The maximum absolute atomic E-state index is 12.2. The van der Waals surface area contributed by atoms with Gasteiger partial charge in [-0.1, -0.05) is 29.7 Å². The van der Waals surface area contributed by atoms with Crippen LogP contribution in [-0.2, 0) is 11.3 Å². The zero-order valence-corrected chi connectivity index (χ0v) is 16.2. The van der Waals surface area contributed by atoms with Crippen molar-refractivity contribution in [2.75, 3.05) is 18.0 Å². The van der Waals surface area contributed by atoms with E-state index in [1.165, 1.54) is 5.69 Å². The summed E-state index contributed by atoms with van der Waals surface area (Å²) in [6, 6.07) is 14.3. The van der Waals surface area contributed by atoms with Gasteiger partial charge in [0.2, 0.25) is 7.28 Å². The minimum atomic E-state index is 0.134. The van der Waals surface area contributed by atoms with Gasteiger partial charge in [-0.25, -0.2) is 4.74 Å². The molecule has 0 aromatic heterocycles. The highest BCUT2D eigenvalue weighted by Gasteiger charge is 2.20. The van der Waals surface area contributed by atoms with Crippen LogP contribution >= 0.6 is 9.03 Å². The van der Waals surface area contributed by atoms with Gasteiger partial charge in [0.25, 0.3) is 0 Å². The number of hydrogen-bond acceptors (Lipinski definition) is 4. The fraction of sp³-hybridized carbons (Fsp3) is 0.250. The van der Waals surface area contributed by atoms with Crippen LogP contribution in [0.4, 0.5) is 11.4 Å². The zero-order chi connectivity index (χ0) is 18.5. The number of rotatable bonds is 7. The lowest BCUT2D eigenvalue weighted by molar-refractivity contribution is -0.107. The third-order valence-electron chi connectivity index (χ3n) is 4.76. The summed E-state index contributed by atoms with van der Waals surface area (Å²) in [4.78, 5) is 14.5. The van der Waals surface area contributed by atoms with E-state index in [0.29, 0.717) is 13.8 Å². The Bertz CT molecular complexity index is 862. The fourth-order valence-electron chi connectivity index (χ4n) is 3.36. The molecule has 6 heteroatoms. The van der Waals surface area contributed by atoms with Gasteiger partial charge in [-0.15, -0.1) is 0 Å². The monoisotopic (exact) mass is 363 g/mol. The Balaban J connectivity index is 1.85. The molecule has 4 nitrogen and oxygen atoms in total. The van der Waals surface area contributed by atoms with Crippen molar-refractivity contribution in [1.29, 1.82) is 0 Å². The number of nitrogens with zero attached hydrogens (tertiary/aromatic N) is 2. The number of allylic oxidation sites excluding steroid dienone is 1. The second kappa shape index (κ2) is 8.33. The van der Waals surface area contributed by atoms with Crippen LogP contribution in [0.1, 0.15) is 25.0 Å². The standard InChI is InChI=1S/C20H23BN3OP/c1-3-24(4-2)15-9-10-16-17(11-15)21-20(25)12-19(16)22-13-14-7-5-6-8-18(14)23-26/h5-12,21-22,26H,3-4,13H2,1-2H3. The normalized spacial score (nSPS) is 12.7. The van der Waals surface area contributed by atoms with Gasteiger partial charge in [-0.2, -0.15) is 0 Å². The molecule has 3 rings (SSSR count). The van der Waals surface area contributed by atoms with Gasteiger partial charge in [0.15, 0.2) is 0 Å². The van der Waals surface area contributed by atoms with E-state index in [4.69, 9.17) is 0 Å². The van der Waals surface area contributed by atoms with Crippen LogP contribution in [0.2, 0.25) is 0 Å². The van der Waals surface area contributed by atoms with E-state index in [1.54, 1.807) is 6.08 Å². The van der Waals surface area contributed by atoms with Crippen LogP contribution in [0.25, 0.3) is 5.70 Å². The number of carbonyl (C=O) groups excluding carboxylic acids is 1. The van der Waals surface area contributed by atoms with Gasteiger partial charge in [0, 0.05) is 31.0 Å². The van der Waals surface area contributed by atoms with E-state index in [2.05, 4.69) is 56.0 Å². The summed E-state index contributed by atoms with van der Waals surface area (Å²) in [6.45, 7) is 6.81. The van der Waals surface area contributed by atoms with Gasteiger partial charge in [-0.05, 0) is 58.3 Å². The first-order chi connectivity index (χ1) is 12.7. The molecule has 1 aliphatic rings. The third-order valence-corrected chi connectivity index (χ3v) is 5.00. The SMILES string of the molecule is CCN(CC)c1ccc2c(c1)BC(=O)C=C2NCc1ccccc1N=P. The van der Waals surface area contributed by atoms with Crippen LogP contribution < -0.4 is 15.7 Å². The van der Waals surface area contributed by atoms with Gasteiger partial charge in [0.05, 0.1) is 5.69 Å². The first-order valence-corrected chi connectivity index (χ1v) is 9.43. The molecule has 0 atom stereocenters. The van der Waals surface area contributed by atoms with E-state index in [9.17, 15) is 4.79 Å². The molecule has 0 saturated heterocycles. The van der Waals surface area contributed by atoms with Gasteiger partial charge < -0.3 is 15.0 Å². The average molecular weight is 363 g/mol. The van der Waals surface area contributed by atoms with Gasteiger partial charge in [-0.3, -0.25) is 0 Å². The summed E-state index contributed by atoms with van der Waals surface area (Å²) < 4.78 is 4.12. The van der Waals surface area contributed by atoms with Crippen molar-refractivity contribution in [3.05, 3.63) is 59.7 Å². The van der Waals surface area contributed by atoms with E-state index in [0.717, 1.165) is 41.1 Å². The predicted octanol–water partition coefficient (Wildman–Crippen LogP) is 3.22. The molecule has 2 aromatic rings. The Morgan fingerprint density at radius 2 is 1.92 bits per heavy atom. The van der Waals surface area contributed by atoms with Crippen molar-refractivity contribution >= 4 is 44.5 Å². The molecule has 2 aromatic carbocycles. The van der Waals surface area contributed by atoms with Crippen LogP contribution in [0.3, 0.4) is 0 Å². The molecular formula is C20H23BN3OP. The minimum Gasteiger partial charge on any atom is -0.380 e. The van der Waals surface area contributed by atoms with Gasteiger partial charge in [0.1, 0.15) is 5.68 Å². The number of hydrogen-bond donors (Lipinski definition) is 1. The lowest BCUT2D eigenvalue weighted by atomic mass is 9.61. The fourth-order valence-corrected chi connectivity index (χ4v) is 3.58. The molecular weight excluding hydrogens is 340 g/mol. The summed E-state index contributed by atoms with van der Waals surface area (Å²) in [5.41, 5.74) is 6.34. The number of benzene rings is 2. The van der Waals surface area contributed by atoms with Crippen molar-refractivity contribution in [3.8, 4) is 0 Å². The van der Waals surface area contributed by atoms with Crippen molar-refractivity contribution in [3.63, 3.8) is 0 Å². The van der Waals surface area contributed by atoms with Crippen LogP contribution in [0.5, 0.6) is 0 Å². The average Bonchev–Trinajstić information content (AvgIpc) is 2.67. The number of nitrogens with one attached hydrogen (secondary N) is 1. The number of para-hydroxylation sites is 1. The minimum absolute atomic E-state index is 0.134. The summed E-state index contributed by atoms with van der Waals surface area (Å²) in [6.07, 6.45) is 1.72. The largest absolute Gasteiger partial charge is 0.380 e. The maximum Gasteiger partial charge on any atom is 0.245 e. The molecule has 0 saturated carbocycles. The summed E-state index contributed by atoms with van der Waals surface area (Å²) in [7, 11) is 3.68. The van der Waals surface area contributed by atoms with E-state index < -0.39 is 0 Å². The molecule has 0 aliphatic carbocycles. The number of fused-ring (bicyclic) bond motifs is 1. The second-order valence-corrected chi connectivity index (χ2v) is 6.53. The highest BCUT2D eigenvalue weighted by atomic mass is 31.0. The highest BCUT2D eigenvalue weighted by molar-refractivity contribution is 7.04. The number of anilines is 1. The Morgan fingerprint density at radius 3 is 2.65 bits per heavy atom. The molecule has 1 aliphatic heterocycles. The Hall–Kier alpha value is -2.39. The summed E-state index contributed by atoms with van der Waals surface area (Å²) >= 11 is 0. The molecule has 0 bridgehead atoms. The lowest BCUT2D eigenvalue weighted by Gasteiger charge is -2.25. The van der Waals surface area contributed by atoms with Gasteiger partial charge >= 0.3 is 0 Å². The highest BCUT2D eigenvalue weighted by Crippen LogP contribution is 2.23. The molecule has 132 valence electrons. The molecule has 0 spiro atoms. The Kier molecular flexibility index (Phi) is 5.90. The summed E-state index contributed by atoms with van der Waals surface area (Å²) in [5.74, 6) is 0. The smallest absolute Gasteiger partial charge is 0.245 e. The van der Waals surface area contributed by atoms with Crippen molar-refractivity contribution < 1.29 is 4.79 Å². The third kappa shape index (κ3) is 3.89. The lowest BCUT2D eigenvalue weighted by Crippen LogP contribution is -2.34. The maximum atomic E-state index is 12.2. The zero-order valence-electron chi connectivity index (χ0n) is 15.2. The first kappa shape index (κ1) is 18.4. The molecule has 26 heavy (non-hydrogen) atoms. The molecule has 0 radical (unpaired) electrons. The topological polar surface area (TPSA) is 44.7 Å². The molecule has 0 unspecified atom stereocenters. The Morgan fingerprint density at radius 1 is 1.15 bits per heavy atom. The van der Waals surface area contributed by atoms with Crippen molar-refractivity contribution in [2.45, 2.75) is 20.4 Å². The molecule has 0 amide bonds. The molecule has 1 heterocycles. The predicted molar refractivity (Wildman–Crippen MR) is 113 cm³/mol. The Labute approximate surface area is 157 Å². The van der Waals surface area contributed by atoms with Crippen molar-refractivity contribution in [2.24, 2.45) is 4.74 Å². The van der Waals surface area contributed by atoms with E-state index >= 15 is 0 Å². The molecule has 0 fully saturated rings.